The summed E-state index contributed by atoms with van der Waals surface area (Å²) in [4.78, 5) is 13.8. The van der Waals surface area contributed by atoms with Crippen LogP contribution in [0.2, 0.25) is 0 Å². The normalized spacial score (nSPS) is 16.5. The first kappa shape index (κ1) is 14.8. The molecule has 0 amide bonds. The lowest BCUT2D eigenvalue weighted by molar-refractivity contribution is 0.262. The number of aromatic nitrogens is 2. The second-order valence-corrected chi connectivity index (χ2v) is 7.37. The molecule has 1 aliphatic carbocycles. The lowest BCUT2D eigenvalue weighted by Crippen LogP contribution is -2.31. The molecule has 0 aromatic carbocycles. The van der Waals surface area contributed by atoms with E-state index >= 15 is 0 Å². The van der Waals surface area contributed by atoms with Crippen LogP contribution in [0.3, 0.4) is 0 Å². The van der Waals surface area contributed by atoms with E-state index in [1.807, 2.05) is 11.4 Å². The maximum absolute atomic E-state index is 12.6. The Balaban J connectivity index is 1.83. The third kappa shape index (κ3) is 3.21. The molecule has 4 nitrogen and oxygen atoms in total. The minimum atomic E-state index is -0.0420. The molecule has 0 bridgehead atoms. The van der Waals surface area contributed by atoms with E-state index in [1.54, 1.807) is 22.2 Å². The van der Waals surface area contributed by atoms with Crippen molar-refractivity contribution in [3.63, 3.8) is 0 Å². The van der Waals surface area contributed by atoms with E-state index in [2.05, 4.69) is 39.3 Å². The first-order chi connectivity index (χ1) is 10.1. The van der Waals surface area contributed by atoms with Crippen molar-refractivity contribution in [3.8, 4) is 0 Å². The highest BCUT2D eigenvalue weighted by Gasteiger charge is 2.20. The minimum Gasteiger partial charge on any atom is -0.372 e. The van der Waals surface area contributed by atoms with Gasteiger partial charge in [0.2, 0.25) is 0 Å². The predicted octanol–water partition coefficient (Wildman–Crippen LogP) is 4.04. The summed E-state index contributed by atoms with van der Waals surface area (Å²) >= 11 is 5.12. The van der Waals surface area contributed by atoms with Gasteiger partial charge in [-0.05, 0) is 53.1 Å². The summed E-state index contributed by atoms with van der Waals surface area (Å²) in [6, 6.07) is 4.20. The summed E-state index contributed by atoms with van der Waals surface area (Å²) in [5.74, 6) is 0.610. The molecule has 0 radical (unpaired) electrons. The molecule has 3 rings (SSSR count). The number of rotatable bonds is 5. The van der Waals surface area contributed by atoms with Crippen LogP contribution in [0.4, 0.5) is 5.69 Å². The third-order valence-corrected chi connectivity index (χ3v) is 5.64. The lowest BCUT2D eigenvalue weighted by Gasteiger charge is -2.25. The van der Waals surface area contributed by atoms with Gasteiger partial charge < -0.3 is 5.32 Å². The molecule has 1 saturated carbocycles. The molecule has 2 aromatic rings. The SMILES string of the molecule is CC(Nc1c(Br)cnn(CC2CCC2)c1=O)c1cccs1. The van der Waals surface area contributed by atoms with Gasteiger partial charge in [0, 0.05) is 11.4 Å². The van der Waals surface area contributed by atoms with Gasteiger partial charge in [-0.15, -0.1) is 11.3 Å². The van der Waals surface area contributed by atoms with Crippen molar-refractivity contribution in [1.29, 1.82) is 0 Å². The monoisotopic (exact) mass is 367 g/mol. The summed E-state index contributed by atoms with van der Waals surface area (Å²) < 4.78 is 2.32. The van der Waals surface area contributed by atoms with Crippen molar-refractivity contribution in [2.45, 2.75) is 38.8 Å². The van der Waals surface area contributed by atoms with E-state index in [4.69, 9.17) is 0 Å². The maximum Gasteiger partial charge on any atom is 0.291 e. The van der Waals surface area contributed by atoms with Crippen LogP contribution in [0.5, 0.6) is 0 Å². The van der Waals surface area contributed by atoms with Crippen molar-refractivity contribution >= 4 is 33.0 Å². The predicted molar refractivity (Wildman–Crippen MR) is 89.9 cm³/mol. The fourth-order valence-electron chi connectivity index (χ4n) is 2.47. The zero-order valence-corrected chi connectivity index (χ0v) is 14.3. The van der Waals surface area contributed by atoms with Crippen molar-refractivity contribution in [3.05, 3.63) is 43.4 Å². The largest absolute Gasteiger partial charge is 0.372 e. The molecule has 0 aliphatic heterocycles. The summed E-state index contributed by atoms with van der Waals surface area (Å²) in [6.45, 7) is 2.79. The average molecular weight is 368 g/mol. The Kier molecular flexibility index (Phi) is 4.45. The van der Waals surface area contributed by atoms with E-state index in [0.29, 0.717) is 11.6 Å². The Morgan fingerprint density at radius 3 is 3.00 bits per heavy atom. The summed E-state index contributed by atoms with van der Waals surface area (Å²) in [5.41, 5.74) is 0.560. The zero-order valence-electron chi connectivity index (χ0n) is 11.9. The van der Waals surface area contributed by atoms with Crippen molar-refractivity contribution in [2.75, 3.05) is 5.32 Å². The molecular formula is C15H18BrN3OS. The van der Waals surface area contributed by atoms with Crippen molar-refractivity contribution < 1.29 is 0 Å². The van der Waals surface area contributed by atoms with Gasteiger partial charge in [-0.2, -0.15) is 5.10 Å². The van der Waals surface area contributed by atoms with Crippen molar-refractivity contribution in [1.82, 2.24) is 9.78 Å². The Hall–Kier alpha value is -1.14. The van der Waals surface area contributed by atoms with Gasteiger partial charge in [0.15, 0.2) is 0 Å². The van der Waals surface area contributed by atoms with Gasteiger partial charge in [-0.1, -0.05) is 12.5 Å². The van der Waals surface area contributed by atoms with Crippen LogP contribution < -0.4 is 10.9 Å². The van der Waals surface area contributed by atoms with Gasteiger partial charge in [-0.25, -0.2) is 4.68 Å². The Morgan fingerprint density at radius 1 is 1.57 bits per heavy atom. The summed E-state index contributed by atoms with van der Waals surface area (Å²) in [5, 5.41) is 9.62. The molecule has 1 N–H and O–H groups in total. The highest BCUT2D eigenvalue weighted by atomic mass is 79.9. The van der Waals surface area contributed by atoms with Gasteiger partial charge >= 0.3 is 0 Å². The van der Waals surface area contributed by atoms with Gasteiger partial charge in [0.25, 0.3) is 5.56 Å². The van der Waals surface area contributed by atoms with Crippen LogP contribution in [-0.4, -0.2) is 9.78 Å². The number of anilines is 1. The number of hydrogen-bond acceptors (Lipinski definition) is 4. The number of halogens is 1. The van der Waals surface area contributed by atoms with E-state index < -0.39 is 0 Å². The van der Waals surface area contributed by atoms with Gasteiger partial charge in [0.1, 0.15) is 5.69 Å². The highest BCUT2D eigenvalue weighted by molar-refractivity contribution is 9.10. The number of nitrogens with one attached hydrogen (secondary N) is 1. The standard InChI is InChI=1S/C15H18BrN3OS/c1-10(13-6-3-7-21-13)18-14-12(16)8-17-19(15(14)20)9-11-4-2-5-11/h3,6-8,10-11,18H,2,4-5,9H2,1H3. The third-order valence-electron chi connectivity index (χ3n) is 3.98. The van der Waals surface area contributed by atoms with Crippen LogP contribution in [0.25, 0.3) is 0 Å². The number of hydrogen-bond donors (Lipinski definition) is 1. The molecule has 1 unspecified atom stereocenters. The van der Waals surface area contributed by atoms with Crippen LogP contribution in [0, 0.1) is 5.92 Å². The van der Waals surface area contributed by atoms with Crippen LogP contribution in [-0.2, 0) is 6.54 Å². The van der Waals surface area contributed by atoms with Crippen LogP contribution in [0.15, 0.2) is 33.0 Å². The first-order valence-corrected chi connectivity index (χ1v) is 8.88. The second-order valence-electron chi connectivity index (χ2n) is 5.53. The summed E-state index contributed by atoms with van der Waals surface area (Å²) in [7, 11) is 0. The summed E-state index contributed by atoms with van der Waals surface area (Å²) in [6.07, 6.45) is 5.40. The Morgan fingerprint density at radius 2 is 2.38 bits per heavy atom. The fourth-order valence-corrected chi connectivity index (χ4v) is 3.58. The van der Waals surface area contributed by atoms with E-state index in [1.165, 1.54) is 24.1 Å². The molecule has 1 aliphatic rings. The topological polar surface area (TPSA) is 46.9 Å². The first-order valence-electron chi connectivity index (χ1n) is 7.20. The molecule has 1 fully saturated rings. The fraction of sp³-hybridized carbons (Fsp3) is 0.467. The van der Waals surface area contributed by atoms with Gasteiger partial charge in [-0.3, -0.25) is 4.79 Å². The molecule has 0 saturated heterocycles. The van der Waals surface area contributed by atoms with Crippen LogP contribution >= 0.6 is 27.3 Å². The molecule has 2 heterocycles. The Bertz CT molecular complexity index is 664. The molecule has 6 heteroatoms. The molecule has 112 valence electrons. The Labute approximate surface area is 136 Å². The maximum atomic E-state index is 12.6. The number of nitrogens with zero attached hydrogens (tertiary/aromatic N) is 2. The van der Waals surface area contributed by atoms with E-state index in [-0.39, 0.29) is 11.6 Å². The van der Waals surface area contributed by atoms with E-state index in [0.717, 1.165) is 11.0 Å². The second kappa shape index (κ2) is 6.32. The molecule has 1 atom stereocenters. The molecule has 0 spiro atoms. The van der Waals surface area contributed by atoms with Crippen LogP contribution in [0.1, 0.15) is 37.1 Å². The zero-order chi connectivity index (χ0) is 14.8. The van der Waals surface area contributed by atoms with Crippen molar-refractivity contribution in [2.24, 2.45) is 5.92 Å². The average Bonchev–Trinajstić information content (AvgIpc) is 2.94. The smallest absolute Gasteiger partial charge is 0.291 e. The van der Waals surface area contributed by atoms with Gasteiger partial charge in [0.05, 0.1) is 16.7 Å². The molecular weight excluding hydrogens is 350 g/mol. The molecule has 21 heavy (non-hydrogen) atoms. The quantitative estimate of drug-likeness (QED) is 0.867. The molecule has 2 aromatic heterocycles. The highest BCUT2D eigenvalue weighted by Crippen LogP contribution is 2.28. The minimum absolute atomic E-state index is 0.0420. The number of thiophene rings is 1. The lowest BCUT2D eigenvalue weighted by atomic mass is 9.85. The van der Waals surface area contributed by atoms with E-state index in [9.17, 15) is 4.79 Å².